The van der Waals surface area contributed by atoms with Gasteiger partial charge in [-0.3, -0.25) is 4.79 Å². The molecule has 1 saturated carbocycles. The Bertz CT molecular complexity index is 1510. The standard InChI is InChI=1S/C27H25FN6O2/c1-16-7-20(28)19(8-23(16)33-11-22(30-15-33)17-5-6-17)26(35)32-24-4-2-3-21(31-24)25-29-10-18-9-27(12-34(18)25)13-36-14-27/h2-4,7-8,10-11,15,17H,5-6,9,12-14H2,1H3,(H,31,32,35). The zero-order valence-electron chi connectivity index (χ0n) is 19.9. The lowest BCUT2D eigenvalue weighted by Gasteiger charge is -2.37. The number of hydrogen-bond donors (Lipinski definition) is 1. The molecule has 2 aliphatic heterocycles. The highest BCUT2D eigenvalue weighted by Crippen LogP contribution is 2.41. The summed E-state index contributed by atoms with van der Waals surface area (Å²) in [6, 6.07) is 8.34. The van der Waals surface area contributed by atoms with Gasteiger partial charge in [0.2, 0.25) is 0 Å². The number of hydrogen-bond acceptors (Lipinski definition) is 5. The van der Waals surface area contributed by atoms with Crippen molar-refractivity contribution in [1.29, 1.82) is 0 Å². The largest absolute Gasteiger partial charge is 0.380 e. The van der Waals surface area contributed by atoms with Gasteiger partial charge in [-0.2, -0.15) is 0 Å². The van der Waals surface area contributed by atoms with Crippen LogP contribution in [-0.2, 0) is 17.7 Å². The minimum absolute atomic E-state index is 0.0434. The Kier molecular flexibility index (Phi) is 4.66. The average Bonchev–Trinajstić information content (AvgIpc) is 3.25. The van der Waals surface area contributed by atoms with Crippen molar-refractivity contribution in [1.82, 2.24) is 24.1 Å². The molecule has 8 nitrogen and oxygen atoms in total. The summed E-state index contributed by atoms with van der Waals surface area (Å²) in [6.45, 7) is 4.21. The van der Waals surface area contributed by atoms with Crippen molar-refractivity contribution in [2.45, 2.75) is 38.6 Å². The van der Waals surface area contributed by atoms with Gasteiger partial charge >= 0.3 is 0 Å². The Balaban J connectivity index is 1.15. The van der Waals surface area contributed by atoms with Crippen LogP contribution < -0.4 is 5.32 Å². The number of pyridine rings is 1. The second kappa shape index (κ2) is 7.83. The maximum atomic E-state index is 14.9. The smallest absolute Gasteiger partial charge is 0.259 e. The zero-order valence-corrected chi connectivity index (χ0v) is 19.9. The summed E-state index contributed by atoms with van der Waals surface area (Å²) < 4.78 is 24.4. The molecule has 1 spiro atoms. The molecule has 3 aromatic heterocycles. The van der Waals surface area contributed by atoms with E-state index < -0.39 is 11.7 Å². The first-order valence-electron chi connectivity index (χ1n) is 12.2. The molecular weight excluding hydrogens is 459 g/mol. The van der Waals surface area contributed by atoms with Crippen LogP contribution >= 0.6 is 0 Å². The first-order valence-corrected chi connectivity index (χ1v) is 12.2. The maximum absolute atomic E-state index is 14.9. The fourth-order valence-corrected chi connectivity index (χ4v) is 5.28. The van der Waals surface area contributed by atoms with Crippen LogP contribution in [-0.4, -0.2) is 43.2 Å². The van der Waals surface area contributed by atoms with Gasteiger partial charge in [0.25, 0.3) is 5.91 Å². The van der Waals surface area contributed by atoms with E-state index in [2.05, 4.69) is 24.8 Å². The number of fused-ring (bicyclic) bond motifs is 1. The lowest BCUT2D eigenvalue weighted by molar-refractivity contribution is -0.111. The van der Waals surface area contributed by atoms with Crippen molar-refractivity contribution < 1.29 is 13.9 Å². The van der Waals surface area contributed by atoms with Crippen LogP contribution in [0.5, 0.6) is 0 Å². The third-order valence-electron chi connectivity index (χ3n) is 7.43. The SMILES string of the molecule is Cc1cc(F)c(C(=O)Nc2cccc(-c3ncc4n3CC3(COC3)C4)n2)cc1-n1cnc(C2CC2)c1. The molecule has 0 bridgehead atoms. The predicted octanol–water partition coefficient (Wildman–Crippen LogP) is 4.28. The first kappa shape index (κ1) is 21.4. The molecule has 1 saturated heterocycles. The van der Waals surface area contributed by atoms with Gasteiger partial charge in [0, 0.05) is 42.4 Å². The predicted molar refractivity (Wildman–Crippen MR) is 131 cm³/mol. The van der Waals surface area contributed by atoms with Crippen LogP contribution in [0, 0.1) is 18.2 Å². The lowest BCUT2D eigenvalue weighted by atomic mass is 9.84. The summed E-state index contributed by atoms with van der Waals surface area (Å²) >= 11 is 0. The van der Waals surface area contributed by atoms with E-state index >= 15 is 0 Å². The van der Waals surface area contributed by atoms with Crippen LogP contribution in [0.1, 0.15) is 46.1 Å². The van der Waals surface area contributed by atoms with Gasteiger partial charge in [-0.15, -0.1) is 0 Å². The first-order chi connectivity index (χ1) is 17.5. The average molecular weight is 485 g/mol. The highest BCUT2D eigenvalue weighted by molar-refractivity contribution is 6.04. The lowest BCUT2D eigenvalue weighted by Crippen LogP contribution is -2.43. The summed E-state index contributed by atoms with van der Waals surface area (Å²) in [5, 5.41) is 2.77. The van der Waals surface area contributed by atoms with Gasteiger partial charge < -0.3 is 19.2 Å². The molecule has 5 heterocycles. The second-order valence-corrected chi connectivity index (χ2v) is 10.3. The number of carbonyl (C=O) groups excluding carboxylic acids is 1. The minimum Gasteiger partial charge on any atom is -0.380 e. The van der Waals surface area contributed by atoms with Gasteiger partial charge in [0.1, 0.15) is 17.3 Å². The fraction of sp³-hybridized carbons (Fsp3) is 0.333. The van der Waals surface area contributed by atoms with E-state index in [-0.39, 0.29) is 11.0 Å². The van der Waals surface area contributed by atoms with Crippen LogP contribution in [0.25, 0.3) is 17.2 Å². The second-order valence-electron chi connectivity index (χ2n) is 10.3. The number of ether oxygens (including phenoxy) is 1. The van der Waals surface area contributed by atoms with Crippen LogP contribution in [0.4, 0.5) is 10.2 Å². The topological polar surface area (TPSA) is 86.9 Å². The summed E-state index contributed by atoms with van der Waals surface area (Å²) in [6.07, 6.45) is 8.83. The molecule has 9 heteroatoms. The summed E-state index contributed by atoms with van der Waals surface area (Å²) in [7, 11) is 0. The molecule has 3 aliphatic rings. The van der Waals surface area contributed by atoms with Gasteiger partial charge in [-0.05, 0) is 49.6 Å². The van der Waals surface area contributed by atoms with E-state index in [4.69, 9.17) is 4.74 Å². The normalized spacial score (nSPS) is 17.7. The van der Waals surface area contributed by atoms with E-state index in [0.717, 1.165) is 61.8 Å². The Morgan fingerprint density at radius 1 is 1.22 bits per heavy atom. The van der Waals surface area contributed by atoms with Crippen molar-refractivity contribution in [3.63, 3.8) is 0 Å². The Morgan fingerprint density at radius 2 is 2.08 bits per heavy atom. The van der Waals surface area contributed by atoms with Gasteiger partial charge in [0.15, 0.2) is 5.82 Å². The van der Waals surface area contributed by atoms with E-state index in [1.807, 2.05) is 36.0 Å². The molecule has 1 aromatic carbocycles. The fourth-order valence-electron chi connectivity index (χ4n) is 5.28. The number of anilines is 1. The van der Waals surface area contributed by atoms with E-state index in [1.54, 1.807) is 18.5 Å². The molecule has 0 radical (unpaired) electrons. The van der Waals surface area contributed by atoms with Crippen LogP contribution in [0.2, 0.25) is 0 Å². The van der Waals surface area contributed by atoms with Crippen molar-refractivity contribution in [2.24, 2.45) is 5.41 Å². The van der Waals surface area contributed by atoms with E-state index in [0.29, 0.717) is 17.4 Å². The van der Waals surface area contributed by atoms with E-state index in [9.17, 15) is 9.18 Å². The van der Waals surface area contributed by atoms with Crippen molar-refractivity contribution >= 4 is 11.7 Å². The number of rotatable bonds is 5. The number of amides is 1. The highest BCUT2D eigenvalue weighted by atomic mass is 19.1. The molecule has 1 N–H and O–H groups in total. The zero-order chi connectivity index (χ0) is 24.4. The van der Waals surface area contributed by atoms with Crippen LogP contribution in [0.3, 0.4) is 0 Å². The number of nitrogens with zero attached hydrogens (tertiary/aromatic N) is 5. The molecule has 0 atom stereocenters. The molecule has 1 amide bonds. The number of imidazole rings is 2. The maximum Gasteiger partial charge on any atom is 0.259 e. The Labute approximate surface area is 207 Å². The van der Waals surface area contributed by atoms with Gasteiger partial charge in [-0.25, -0.2) is 19.3 Å². The van der Waals surface area contributed by atoms with Crippen LogP contribution in [0.15, 0.2) is 49.1 Å². The van der Waals surface area contributed by atoms with Crippen molar-refractivity contribution in [3.8, 4) is 17.2 Å². The summed E-state index contributed by atoms with van der Waals surface area (Å²) in [4.78, 5) is 26.8. The van der Waals surface area contributed by atoms with Crippen molar-refractivity contribution in [2.75, 3.05) is 18.5 Å². The van der Waals surface area contributed by atoms with Gasteiger partial charge in [-0.1, -0.05) is 6.07 Å². The molecule has 2 fully saturated rings. The quantitative estimate of drug-likeness (QED) is 0.457. The Hall–Kier alpha value is -3.85. The summed E-state index contributed by atoms with van der Waals surface area (Å²) in [5.41, 5.74) is 4.45. The third-order valence-corrected chi connectivity index (χ3v) is 7.43. The number of halogens is 1. The molecule has 7 rings (SSSR count). The number of nitrogens with one attached hydrogen (secondary N) is 1. The number of aromatic nitrogens is 5. The molecule has 4 aromatic rings. The van der Waals surface area contributed by atoms with E-state index in [1.165, 1.54) is 11.8 Å². The molecule has 0 unspecified atom stereocenters. The third kappa shape index (κ3) is 3.53. The Morgan fingerprint density at radius 3 is 2.86 bits per heavy atom. The monoisotopic (exact) mass is 484 g/mol. The minimum atomic E-state index is -0.577. The molecule has 182 valence electrons. The molecule has 1 aliphatic carbocycles. The highest BCUT2D eigenvalue weighted by Gasteiger charge is 2.45. The summed E-state index contributed by atoms with van der Waals surface area (Å²) in [5.74, 6) is 0.485. The number of benzene rings is 1. The number of carbonyl (C=O) groups is 1. The molecular formula is C27H25FN6O2. The molecule has 36 heavy (non-hydrogen) atoms. The van der Waals surface area contributed by atoms with Crippen molar-refractivity contribution in [3.05, 3.63) is 77.4 Å². The van der Waals surface area contributed by atoms with Gasteiger partial charge in [0.05, 0.1) is 36.5 Å². The number of aryl methyl sites for hydroxylation is 1.